The Labute approximate surface area is 203 Å². The van der Waals surface area contributed by atoms with Crippen molar-refractivity contribution in [3.8, 4) is 11.5 Å². The van der Waals surface area contributed by atoms with E-state index in [1.54, 1.807) is 0 Å². The van der Waals surface area contributed by atoms with E-state index in [1.807, 2.05) is 12.1 Å². The van der Waals surface area contributed by atoms with Crippen LogP contribution in [0.5, 0.6) is 11.5 Å². The minimum Gasteiger partial charge on any atom is -0.494 e. The third-order valence-corrected chi connectivity index (χ3v) is 6.74. The summed E-state index contributed by atoms with van der Waals surface area (Å²) >= 11 is 0. The van der Waals surface area contributed by atoms with Gasteiger partial charge >= 0.3 is 0 Å². The monoisotopic (exact) mass is 454 g/mol. The topological polar surface area (TPSA) is 34.1 Å². The Kier molecular flexibility index (Phi) is 7.13. The number of rotatable bonds is 10. The number of unbranched alkanes of at least 4 members (excludes halogenated alkanes) is 5. The van der Waals surface area contributed by atoms with E-state index in [-0.39, 0.29) is 12.3 Å². The molecule has 2 atom stereocenters. The number of hydrogen-bond donors (Lipinski definition) is 0. The van der Waals surface area contributed by atoms with E-state index >= 15 is 0 Å². The van der Waals surface area contributed by atoms with E-state index in [9.17, 15) is 0 Å². The van der Waals surface area contributed by atoms with E-state index in [0.29, 0.717) is 0 Å². The van der Waals surface area contributed by atoms with E-state index < -0.39 is 0 Å². The maximum Gasteiger partial charge on any atom is 0.213 e. The summed E-state index contributed by atoms with van der Waals surface area (Å²) < 4.78 is 12.5. The van der Waals surface area contributed by atoms with E-state index in [0.717, 1.165) is 42.2 Å². The molecular formula is C30H34N2O2. The van der Waals surface area contributed by atoms with Crippen molar-refractivity contribution in [2.45, 2.75) is 64.1 Å². The molecule has 0 N–H and O–H groups in total. The Bertz CT molecular complexity index is 1090. The van der Waals surface area contributed by atoms with Crippen LogP contribution < -0.4 is 9.47 Å². The van der Waals surface area contributed by atoms with Crippen LogP contribution in [0.15, 0.2) is 84.0 Å². The third-order valence-electron chi connectivity index (χ3n) is 6.74. The van der Waals surface area contributed by atoms with Crippen molar-refractivity contribution < 1.29 is 9.47 Å². The fraction of sp³-hybridized carbons (Fsp3) is 0.367. The van der Waals surface area contributed by atoms with Gasteiger partial charge in [0.1, 0.15) is 11.5 Å². The number of para-hydroxylation sites is 1. The predicted molar refractivity (Wildman–Crippen MR) is 137 cm³/mol. The number of hydrazone groups is 1. The summed E-state index contributed by atoms with van der Waals surface area (Å²) in [5.41, 5.74) is 4.57. The van der Waals surface area contributed by atoms with Crippen LogP contribution in [-0.4, -0.2) is 17.3 Å². The fourth-order valence-electron chi connectivity index (χ4n) is 4.86. The molecule has 3 aromatic carbocycles. The van der Waals surface area contributed by atoms with Gasteiger partial charge in [-0.25, -0.2) is 5.01 Å². The van der Waals surface area contributed by atoms with Crippen molar-refractivity contribution in [3.05, 3.63) is 95.6 Å². The molecule has 0 amide bonds. The Morgan fingerprint density at radius 2 is 1.59 bits per heavy atom. The number of ether oxygens (including phenoxy) is 2. The van der Waals surface area contributed by atoms with E-state index in [1.165, 1.54) is 43.2 Å². The maximum absolute atomic E-state index is 6.48. The lowest BCUT2D eigenvalue weighted by Gasteiger charge is -2.38. The van der Waals surface area contributed by atoms with Crippen LogP contribution in [0.25, 0.3) is 0 Å². The molecule has 34 heavy (non-hydrogen) atoms. The molecule has 0 aliphatic carbocycles. The molecule has 0 bridgehead atoms. The second-order valence-electron chi connectivity index (χ2n) is 9.21. The van der Waals surface area contributed by atoms with Crippen LogP contribution in [-0.2, 0) is 0 Å². The molecule has 4 heteroatoms. The quantitative estimate of drug-likeness (QED) is 0.295. The SMILES string of the molecule is CCCCCCCCOc1ccc([C@H]2Oc3ccccc3[C@H]3CC(c4ccccc4)=NN32)cc1. The Balaban J connectivity index is 1.29. The molecule has 0 radical (unpaired) electrons. The first kappa shape index (κ1) is 22.5. The second-order valence-corrected chi connectivity index (χ2v) is 9.21. The van der Waals surface area contributed by atoms with Gasteiger partial charge in [0.25, 0.3) is 0 Å². The van der Waals surface area contributed by atoms with Crippen molar-refractivity contribution in [3.63, 3.8) is 0 Å². The van der Waals surface area contributed by atoms with Crippen molar-refractivity contribution >= 4 is 5.71 Å². The van der Waals surface area contributed by atoms with Gasteiger partial charge in [-0.05, 0) is 42.3 Å². The minimum absolute atomic E-state index is 0.175. The van der Waals surface area contributed by atoms with Crippen LogP contribution in [0.4, 0.5) is 0 Å². The standard InChI is InChI=1S/C30H34N2O2/c1-2-3-4-5-6-12-21-33-25-19-17-24(18-20-25)30-32-28(26-15-10-11-16-29(26)34-30)22-27(31-32)23-13-8-7-9-14-23/h7-11,13-20,28,30H,2-6,12,21-22H2,1H3/t28-,30-/m1/s1. The molecule has 5 rings (SSSR count). The first-order chi connectivity index (χ1) is 16.8. The molecule has 2 aliphatic rings. The highest BCUT2D eigenvalue weighted by atomic mass is 16.5. The van der Waals surface area contributed by atoms with E-state index in [4.69, 9.17) is 14.6 Å². The fourth-order valence-corrected chi connectivity index (χ4v) is 4.86. The molecule has 0 spiro atoms. The van der Waals surface area contributed by atoms with Gasteiger partial charge in [-0.3, -0.25) is 0 Å². The summed E-state index contributed by atoms with van der Waals surface area (Å²) in [4.78, 5) is 0. The highest BCUT2D eigenvalue weighted by molar-refractivity contribution is 6.01. The van der Waals surface area contributed by atoms with E-state index in [2.05, 4.69) is 78.7 Å². The molecule has 2 aliphatic heterocycles. The highest BCUT2D eigenvalue weighted by Crippen LogP contribution is 2.47. The number of hydrogen-bond acceptors (Lipinski definition) is 4. The molecule has 0 aromatic heterocycles. The number of fused-ring (bicyclic) bond motifs is 3. The third kappa shape index (κ3) is 4.96. The highest BCUT2D eigenvalue weighted by Gasteiger charge is 2.40. The maximum atomic E-state index is 6.48. The molecule has 0 fully saturated rings. The molecule has 0 saturated carbocycles. The summed E-state index contributed by atoms with van der Waals surface area (Å²) in [6.45, 7) is 3.03. The second kappa shape index (κ2) is 10.8. The summed E-state index contributed by atoms with van der Waals surface area (Å²) in [6, 6.07) is 27.3. The van der Waals surface area contributed by atoms with Crippen LogP contribution in [0.1, 0.15) is 80.8 Å². The van der Waals surface area contributed by atoms with Crippen LogP contribution in [0, 0.1) is 0 Å². The van der Waals surface area contributed by atoms with Gasteiger partial charge in [0.2, 0.25) is 6.23 Å². The van der Waals surface area contributed by atoms with Crippen molar-refractivity contribution in [1.82, 2.24) is 5.01 Å². The molecule has 3 aromatic rings. The first-order valence-electron chi connectivity index (χ1n) is 12.7. The van der Waals surface area contributed by atoms with Gasteiger partial charge in [0.05, 0.1) is 18.4 Å². The lowest BCUT2D eigenvalue weighted by molar-refractivity contribution is -0.0190. The number of nitrogens with zero attached hydrogens (tertiary/aromatic N) is 2. The molecule has 0 unspecified atom stereocenters. The smallest absolute Gasteiger partial charge is 0.213 e. The van der Waals surface area contributed by atoms with Crippen LogP contribution >= 0.6 is 0 Å². The van der Waals surface area contributed by atoms with Crippen molar-refractivity contribution in [1.29, 1.82) is 0 Å². The van der Waals surface area contributed by atoms with Crippen LogP contribution in [0.3, 0.4) is 0 Å². The first-order valence-corrected chi connectivity index (χ1v) is 12.7. The molecule has 0 saturated heterocycles. The lowest BCUT2D eigenvalue weighted by Crippen LogP contribution is -2.33. The largest absolute Gasteiger partial charge is 0.494 e. The normalized spacial score (nSPS) is 18.6. The Hall–Kier alpha value is -3.27. The summed E-state index contributed by atoms with van der Waals surface area (Å²) in [5, 5.41) is 7.18. The predicted octanol–water partition coefficient (Wildman–Crippen LogP) is 7.67. The van der Waals surface area contributed by atoms with Gasteiger partial charge < -0.3 is 9.47 Å². The minimum atomic E-state index is -0.256. The van der Waals surface area contributed by atoms with Crippen molar-refractivity contribution in [2.75, 3.05) is 6.61 Å². The zero-order valence-electron chi connectivity index (χ0n) is 20.0. The summed E-state index contributed by atoms with van der Waals surface area (Å²) in [6.07, 6.45) is 8.24. The molecule has 176 valence electrons. The number of benzene rings is 3. The van der Waals surface area contributed by atoms with Gasteiger partial charge in [-0.1, -0.05) is 87.6 Å². The lowest BCUT2D eigenvalue weighted by atomic mass is 9.96. The van der Waals surface area contributed by atoms with Gasteiger partial charge in [0.15, 0.2) is 0 Å². The van der Waals surface area contributed by atoms with Crippen LogP contribution in [0.2, 0.25) is 0 Å². The van der Waals surface area contributed by atoms with Gasteiger partial charge in [0, 0.05) is 17.5 Å². The molecule has 4 nitrogen and oxygen atoms in total. The molecule has 2 heterocycles. The van der Waals surface area contributed by atoms with Crippen molar-refractivity contribution in [2.24, 2.45) is 5.10 Å². The van der Waals surface area contributed by atoms with Gasteiger partial charge in [-0.15, -0.1) is 0 Å². The summed E-state index contributed by atoms with van der Waals surface area (Å²) in [5.74, 6) is 1.86. The zero-order valence-corrected chi connectivity index (χ0v) is 20.0. The van der Waals surface area contributed by atoms with Gasteiger partial charge in [-0.2, -0.15) is 5.10 Å². The Morgan fingerprint density at radius 1 is 0.853 bits per heavy atom. The molecular weight excluding hydrogens is 420 g/mol. The average Bonchev–Trinajstić information content (AvgIpc) is 3.35. The summed E-state index contributed by atoms with van der Waals surface area (Å²) in [7, 11) is 0. The Morgan fingerprint density at radius 3 is 2.41 bits per heavy atom. The average molecular weight is 455 g/mol. The zero-order chi connectivity index (χ0) is 23.2.